The first-order valence-electron chi connectivity index (χ1n) is 12.7. The highest BCUT2D eigenvalue weighted by molar-refractivity contribution is 5.85. The van der Waals surface area contributed by atoms with Crippen LogP contribution in [-0.4, -0.2) is 48.4 Å². The average Bonchev–Trinajstić information content (AvgIpc) is 2.90. The molecule has 0 aliphatic rings. The summed E-state index contributed by atoms with van der Waals surface area (Å²) in [5, 5.41) is 0.432. The topological polar surface area (TPSA) is 80.1 Å². The first-order valence-corrected chi connectivity index (χ1v) is 12.7. The summed E-state index contributed by atoms with van der Waals surface area (Å²) in [6, 6.07) is 12.8. The van der Waals surface area contributed by atoms with Gasteiger partial charge in [0, 0.05) is 33.2 Å². The van der Waals surface area contributed by atoms with Gasteiger partial charge in [0.2, 0.25) is 11.8 Å². The highest BCUT2D eigenvalue weighted by Crippen LogP contribution is 2.15. The second-order valence-corrected chi connectivity index (χ2v) is 9.08. The van der Waals surface area contributed by atoms with Gasteiger partial charge in [-0.2, -0.15) is 0 Å². The normalized spacial score (nSPS) is 11.0. The lowest BCUT2D eigenvalue weighted by Crippen LogP contribution is -2.43. The maximum Gasteiger partial charge on any atom is 0.242 e. The number of methoxy groups -OCH3 is 1. The van der Waals surface area contributed by atoms with E-state index in [0.717, 1.165) is 19.3 Å². The van der Waals surface area contributed by atoms with Crippen LogP contribution in [0.1, 0.15) is 50.2 Å². The van der Waals surface area contributed by atoms with Gasteiger partial charge in [0.25, 0.3) is 0 Å². The number of para-hydroxylation sites is 1. The quantitative estimate of drug-likeness (QED) is 0.288. The van der Waals surface area contributed by atoms with Gasteiger partial charge in [-0.1, -0.05) is 44.0 Å². The van der Waals surface area contributed by atoms with Gasteiger partial charge >= 0.3 is 0 Å². The van der Waals surface area contributed by atoms with Crippen molar-refractivity contribution in [2.45, 2.75) is 52.1 Å². The van der Waals surface area contributed by atoms with Crippen LogP contribution in [0.25, 0.3) is 11.0 Å². The second-order valence-electron chi connectivity index (χ2n) is 9.08. The third-order valence-electron chi connectivity index (χ3n) is 6.20. The molecule has 0 spiro atoms. The van der Waals surface area contributed by atoms with Gasteiger partial charge in [-0.25, -0.2) is 4.39 Å². The molecule has 0 radical (unpaired) electrons. The van der Waals surface area contributed by atoms with Crippen molar-refractivity contribution in [1.29, 1.82) is 0 Å². The zero-order valence-electron chi connectivity index (χ0n) is 21.6. The third-order valence-corrected chi connectivity index (χ3v) is 6.20. The fourth-order valence-corrected chi connectivity index (χ4v) is 4.11. The first kappa shape index (κ1) is 28.1. The number of rotatable bonds is 14. The number of ether oxygens (including phenoxy) is 1. The molecule has 0 aliphatic carbocycles. The molecule has 3 rings (SSSR count). The zero-order valence-corrected chi connectivity index (χ0v) is 21.6. The number of nitrogens with zero attached hydrogens (tertiary/aromatic N) is 2. The van der Waals surface area contributed by atoms with Crippen LogP contribution in [-0.2, 0) is 27.4 Å². The van der Waals surface area contributed by atoms with Crippen LogP contribution in [0.3, 0.4) is 0 Å². The fraction of sp³-hybridized carbons (Fsp3) is 0.414. The lowest BCUT2D eigenvalue weighted by atomic mass is 10.1. The van der Waals surface area contributed by atoms with Crippen LogP contribution in [0, 0.1) is 5.82 Å². The third kappa shape index (κ3) is 8.25. The second kappa shape index (κ2) is 14.3. The van der Waals surface area contributed by atoms with E-state index in [1.165, 1.54) is 23.3 Å². The molecule has 0 aliphatic heterocycles. The lowest BCUT2D eigenvalue weighted by Gasteiger charge is -2.28. The minimum Gasteiger partial charge on any atom is -0.464 e. The molecule has 0 saturated carbocycles. The van der Waals surface area contributed by atoms with E-state index in [9.17, 15) is 18.8 Å². The standard InChI is InChI=1S/C29H35FN2O5/c1-3-4-5-11-27(33)31(16-8-17-36-2)20-28(34)32(18-22-12-14-24(30)15-13-22)19-23-21-37-26-10-7-6-9-25(26)29(23)35/h6-7,9-10,12-15,21H,3-5,8,11,16-20H2,1-2H3. The number of fused-ring (bicyclic) bond motifs is 1. The minimum absolute atomic E-state index is 0.000681. The number of unbranched alkanes of at least 4 members (excludes halogenated alkanes) is 2. The molecule has 1 aromatic heterocycles. The molecule has 8 heteroatoms. The Labute approximate surface area is 216 Å². The summed E-state index contributed by atoms with van der Waals surface area (Å²) in [5.41, 5.74) is 1.29. The molecule has 0 unspecified atom stereocenters. The van der Waals surface area contributed by atoms with Crippen molar-refractivity contribution in [3.63, 3.8) is 0 Å². The summed E-state index contributed by atoms with van der Waals surface area (Å²) in [7, 11) is 1.60. The zero-order chi connectivity index (χ0) is 26.6. The van der Waals surface area contributed by atoms with Gasteiger partial charge in [-0.3, -0.25) is 14.4 Å². The van der Waals surface area contributed by atoms with Crippen LogP contribution in [0.15, 0.2) is 64.0 Å². The number of halogens is 1. The Morgan fingerprint density at radius 1 is 0.946 bits per heavy atom. The van der Waals surface area contributed by atoms with Crippen molar-refractivity contribution in [3.05, 3.63) is 82.0 Å². The van der Waals surface area contributed by atoms with Crippen LogP contribution >= 0.6 is 0 Å². The molecule has 0 atom stereocenters. The fourth-order valence-electron chi connectivity index (χ4n) is 4.11. The van der Waals surface area contributed by atoms with E-state index < -0.39 is 0 Å². The molecule has 7 nitrogen and oxygen atoms in total. The van der Waals surface area contributed by atoms with Gasteiger partial charge in [0.05, 0.1) is 30.3 Å². The number of benzene rings is 2. The minimum atomic E-state index is -0.376. The van der Waals surface area contributed by atoms with E-state index in [1.54, 1.807) is 48.4 Å². The van der Waals surface area contributed by atoms with Crippen molar-refractivity contribution in [2.75, 3.05) is 26.8 Å². The number of hydrogen-bond acceptors (Lipinski definition) is 5. The van der Waals surface area contributed by atoms with Crippen molar-refractivity contribution in [2.24, 2.45) is 0 Å². The highest BCUT2D eigenvalue weighted by atomic mass is 19.1. The molecule has 3 aromatic rings. The Kier molecular flexibility index (Phi) is 10.8. The number of carbonyl (C=O) groups is 2. The Bertz CT molecular complexity index is 1220. The number of amides is 2. The van der Waals surface area contributed by atoms with Gasteiger partial charge in [-0.05, 0) is 42.7 Å². The number of carbonyl (C=O) groups excluding carboxylic acids is 2. The smallest absolute Gasteiger partial charge is 0.242 e. The van der Waals surface area contributed by atoms with Gasteiger partial charge in [0.15, 0.2) is 5.43 Å². The molecule has 37 heavy (non-hydrogen) atoms. The van der Waals surface area contributed by atoms with E-state index >= 15 is 0 Å². The van der Waals surface area contributed by atoms with Crippen molar-refractivity contribution < 1.29 is 23.1 Å². The molecule has 0 saturated heterocycles. The predicted octanol–water partition coefficient (Wildman–Crippen LogP) is 4.91. The van der Waals surface area contributed by atoms with E-state index in [-0.39, 0.29) is 42.7 Å². The molecular weight excluding hydrogens is 475 g/mol. The molecule has 0 bridgehead atoms. The monoisotopic (exact) mass is 510 g/mol. The molecule has 1 heterocycles. The molecule has 2 aromatic carbocycles. The molecule has 0 fully saturated rings. The first-order chi connectivity index (χ1) is 17.9. The maximum absolute atomic E-state index is 13.6. The van der Waals surface area contributed by atoms with Crippen molar-refractivity contribution >= 4 is 22.8 Å². The van der Waals surface area contributed by atoms with Gasteiger partial charge < -0.3 is 19.0 Å². The van der Waals surface area contributed by atoms with Crippen molar-refractivity contribution in [1.82, 2.24) is 9.80 Å². The molecule has 0 N–H and O–H groups in total. The highest BCUT2D eigenvalue weighted by Gasteiger charge is 2.23. The average molecular weight is 511 g/mol. The summed E-state index contributed by atoms with van der Waals surface area (Å²) in [4.78, 5) is 42.7. The number of hydrogen-bond donors (Lipinski definition) is 0. The van der Waals surface area contributed by atoms with Crippen LogP contribution in [0.4, 0.5) is 4.39 Å². The maximum atomic E-state index is 13.6. The Morgan fingerprint density at radius 3 is 2.43 bits per heavy atom. The van der Waals surface area contributed by atoms with Gasteiger partial charge in [0.1, 0.15) is 11.4 Å². The predicted molar refractivity (Wildman–Crippen MR) is 140 cm³/mol. The van der Waals surface area contributed by atoms with E-state index in [0.29, 0.717) is 48.1 Å². The van der Waals surface area contributed by atoms with Gasteiger partial charge in [-0.15, -0.1) is 0 Å². The SMILES string of the molecule is CCCCCC(=O)N(CCCOC)CC(=O)N(Cc1ccc(F)cc1)Cc1coc2ccccc2c1=O. The Hall–Kier alpha value is -3.52. The Morgan fingerprint density at radius 2 is 1.70 bits per heavy atom. The van der Waals surface area contributed by atoms with E-state index in [2.05, 4.69) is 6.92 Å². The largest absolute Gasteiger partial charge is 0.464 e. The lowest BCUT2D eigenvalue weighted by molar-refractivity contribution is -0.141. The van der Waals surface area contributed by atoms with Crippen molar-refractivity contribution in [3.8, 4) is 0 Å². The summed E-state index contributed by atoms with van der Waals surface area (Å²) < 4.78 is 24.3. The van der Waals surface area contributed by atoms with E-state index in [4.69, 9.17) is 9.15 Å². The summed E-state index contributed by atoms with van der Waals surface area (Å²) in [5.74, 6) is -0.762. The summed E-state index contributed by atoms with van der Waals surface area (Å²) in [6.07, 6.45) is 5.06. The van der Waals surface area contributed by atoms with Crippen LogP contribution in [0.5, 0.6) is 0 Å². The Balaban J connectivity index is 1.84. The molecule has 2 amide bonds. The summed E-state index contributed by atoms with van der Waals surface area (Å²) in [6.45, 7) is 2.98. The molecule has 198 valence electrons. The van der Waals surface area contributed by atoms with E-state index in [1.807, 2.05) is 0 Å². The summed E-state index contributed by atoms with van der Waals surface area (Å²) >= 11 is 0. The molecular formula is C29H35FN2O5. The van der Waals surface area contributed by atoms with Crippen LogP contribution in [0.2, 0.25) is 0 Å². The van der Waals surface area contributed by atoms with Crippen LogP contribution < -0.4 is 5.43 Å².